The van der Waals surface area contributed by atoms with Crippen molar-refractivity contribution in [2.45, 2.75) is 52.8 Å². The number of nitrogen functional groups attached to an aromatic ring is 1. The van der Waals surface area contributed by atoms with E-state index in [9.17, 15) is 58.5 Å². The number of nitrogens with one attached hydrogen (secondary N) is 2. The first kappa shape index (κ1) is 93.2. The zero-order valence-electron chi connectivity index (χ0n) is 51.2. The number of aromatic amines is 1. The SMILES string of the molecule is CCOC(=O)c1nc(C)cs1.COc1ccc(COc2cc(Cl)nc(-c3nc(C(F)(F)F)cs3)n2)cc1.Cc1csc(C(=N)N)n1.Cc1csc(C(=O)O)n1.Cl.FC(F)(F)c1csc(-c2nc(Cl)cc(Cl)n2)n1.O=P(Cl)(Cl)Cl.O=S(Cl)Cl.O=c1cc(O)nc(-c2nc(C(F)(F)F)cs2)[nH]1.[H-].[Na+]. The molecule has 0 bridgehead atoms. The average Bonchev–Trinajstić information content (AvgIpc) is 1.73. The Morgan fingerprint density at radius 3 is 1.38 bits per heavy atom. The maximum atomic E-state index is 12.7. The van der Waals surface area contributed by atoms with Crippen molar-refractivity contribution in [3.63, 3.8) is 0 Å². The van der Waals surface area contributed by atoms with Gasteiger partial charge in [0.15, 0.2) is 60.4 Å². The molecule has 9 heterocycles. The van der Waals surface area contributed by atoms with Gasteiger partial charge in [-0.2, -0.15) is 49.5 Å². The van der Waals surface area contributed by atoms with Gasteiger partial charge >= 0.3 is 65.2 Å². The van der Waals surface area contributed by atoms with Crippen molar-refractivity contribution in [3.8, 4) is 50.0 Å². The molecule has 10 aromatic rings. The van der Waals surface area contributed by atoms with Gasteiger partial charge in [0.05, 0.1) is 19.8 Å². The van der Waals surface area contributed by atoms with Gasteiger partial charge in [-0.3, -0.25) is 14.8 Å². The Labute approximate surface area is 652 Å². The minimum Gasteiger partial charge on any atom is -1.00 e. The molecule has 10 rings (SSSR count). The number of H-pyrrole nitrogens is 1. The number of hydrogen-bond donors (Lipinski definition) is 5. The molecule has 6 N–H and O–H groups in total. The molecule has 540 valence electrons. The molecule has 0 amide bonds. The van der Waals surface area contributed by atoms with E-state index >= 15 is 0 Å². The van der Waals surface area contributed by atoms with E-state index < -0.39 is 67.4 Å². The van der Waals surface area contributed by atoms with Gasteiger partial charge in [0.2, 0.25) is 31.0 Å². The first-order chi connectivity index (χ1) is 45.4. The van der Waals surface area contributed by atoms with Gasteiger partial charge in [0.25, 0.3) is 5.56 Å². The van der Waals surface area contributed by atoms with Crippen molar-refractivity contribution < 1.29 is 113 Å². The van der Waals surface area contributed by atoms with Gasteiger partial charge in [-0.15, -0.1) is 80.4 Å². The number of ether oxygens (including phenoxy) is 3. The first-order valence-electron chi connectivity index (χ1n) is 24.8. The molecule has 1 aromatic carbocycles. The number of methoxy groups -OCH3 is 1. The molecule has 0 fully saturated rings. The number of amidine groups is 1. The maximum Gasteiger partial charge on any atom is 1.00 e. The van der Waals surface area contributed by atoms with Crippen molar-refractivity contribution in [1.29, 1.82) is 5.41 Å². The number of halogens is 18. The number of rotatable bonds is 11. The standard InChI is InChI=1S/C16H11ClF3N3O2S.C8H2Cl2F3N3S.C8H4F3N3O2S.C7H9NO2S.C5H7N3S.C5H5NO2S.Cl3OP.Cl2OS.ClH.Na.H/c1-24-10-4-2-9(3-5-10)7-25-13-6-12(17)22-14(23-13)15-21-11(8-26-15)16(18,19)20;9-4-1-5(10)16-6(15-4)7-14-3(2-17-7)8(11,12)13;9-8(10,11)3-2-17-7(12-3)6-13-4(15)1-5(16)14-6;1-3-10-7(9)6-8-5(2)4-11-6;1-3-2-9-5(8-3)4(6)7;1-3-2-9-4(6-3)5(7)8;1-5(2,3)4;1-4(2)3;;;/h2-6,8H,7H2,1H3;1-2H;1-2H,(H2,13,14,15,16);4H,3H2,1-2H3;2H,1H3,(H3,6,7);2H,1H3,(H,7,8);;;1H;;/q;;;;;;;;;+1;-1. The van der Waals surface area contributed by atoms with Crippen LogP contribution in [0, 0.1) is 26.2 Å². The Kier molecular flexibility index (Phi) is 41.1. The molecular weight excluding hydrogens is 1710 g/mol. The Hall–Kier alpha value is -4.79. The third-order valence-corrected chi connectivity index (χ3v) is 15.3. The van der Waals surface area contributed by atoms with E-state index in [1.807, 2.05) is 36.7 Å². The fourth-order valence-electron chi connectivity index (χ4n) is 5.57. The third-order valence-electron chi connectivity index (χ3n) is 9.30. The summed E-state index contributed by atoms with van der Waals surface area (Å²) in [7, 11) is 8.93. The number of aryl methyl sites for hydroxylation is 3. The fraction of sp³-hybridized carbons (Fsp3) is 0.204. The number of nitrogens with zero attached hydrogens (tertiary/aromatic N) is 11. The number of hydrogen-bond acceptors (Lipinski definition) is 27. The number of aromatic carboxylic acids is 1. The Morgan fingerprint density at radius 2 is 1.04 bits per heavy atom. The van der Waals surface area contributed by atoms with E-state index in [1.165, 1.54) is 34.8 Å². The van der Waals surface area contributed by atoms with Crippen LogP contribution in [0.15, 0.2) is 79.5 Å². The normalized spacial score (nSPS) is 10.7. The third kappa shape index (κ3) is 36.6. The van der Waals surface area contributed by atoms with Crippen LogP contribution in [0.5, 0.6) is 17.5 Å². The summed E-state index contributed by atoms with van der Waals surface area (Å²) in [6.45, 7) is 7.86. The van der Waals surface area contributed by atoms with Crippen LogP contribution >= 0.6 is 176 Å². The van der Waals surface area contributed by atoms with Crippen LogP contribution in [0.3, 0.4) is 0 Å². The quantitative estimate of drug-likeness (QED) is 0.0117. The molecule has 51 heteroatoms. The van der Waals surface area contributed by atoms with E-state index in [2.05, 4.69) is 115 Å². The van der Waals surface area contributed by atoms with E-state index in [1.54, 1.807) is 38.5 Å². The molecule has 0 aliphatic rings. The Morgan fingerprint density at radius 1 is 0.650 bits per heavy atom. The molecule has 0 unspecified atom stereocenters. The minimum atomic E-state index is -4.55. The predicted octanol–water partition coefficient (Wildman–Crippen LogP) is 15.3. The van der Waals surface area contributed by atoms with Crippen LogP contribution in [-0.4, -0.2) is 106 Å². The van der Waals surface area contributed by atoms with E-state index in [4.69, 9.17) is 74.6 Å². The molecule has 0 saturated heterocycles. The first-order valence-corrected chi connectivity index (χ1v) is 38.4. The summed E-state index contributed by atoms with van der Waals surface area (Å²) in [5, 5.41) is 30.4. The van der Waals surface area contributed by atoms with Crippen LogP contribution in [0.1, 0.15) is 72.7 Å². The Balaban J connectivity index is 0.00000119. The number of carboxylic acids is 1. The van der Waals surface area contributed by atoms with Gasteiger partial charge in [0.1, 0.15) is 27.8 Å². The number of aromatic hydroxyl groups is 1. The number of thiazole rings is 6. The number of esters is 1. The van der Waals surface area contributed by atoms with Crippen molar-refractivity contribution in [2.24, 2.45) is 5.73 Å². The Bertz CT molecular complexity index is 4310. The van der Waals surface area contributed by atoms with Crippen molar-refractivity contribution in [3.05, 3.63) is 155 Å². The predicted molar refractivity (Wildman–Crippen MR) is 369 cm³/mol. The van der Waals surface area contributed by atoms with Crippen LogP contribution in [0.2, 0.25) is 15.5 Å². The number of carboxylic acid groups (broad SMARTS) is 1. The van der Waals surface area contributed by atoms with Crippen molar-refractivity contribution in [2.75, 3.05) is 13.7 Å². The van der Waals surface area contributed by atoms with Crippen LogP contribution in [0.4, 0.5) is 39.5 Å². The molecule has 0 aliphatic carbocycles. The molecule has 9 aromatic heterocycles. The number of nitrogens with two attached hydrogens (primary N) is 1. The van der Waals surface area contributed by atoms with E-state index in [-0.39, 0.29) is 121 Å². The smallest absolute Gasteiger partial charge is 1.00 e. The van der Waals surface area contributed by atoms with Crippen LogP contribution in [0.25, 0.3) is 32.5 Å². The second kappa shape index (κ2) is 44.1. The molecular formula is C49H40Cl9F9N14NaO10PS7. The van der Waals surface area contributed by atoms with Crippen LogP contribution < -0.4 is 50.3 Å². The molecule has 0 radical (unpaired) electrons. The van der Waals surface area contributed by atoms with Gasteiger partial charge in [-0.05, 0) is 79.1 Å². The minimum absolute atomic E-state index is 0. The largest absolute Gasteiger partial charge is 1.00 e. The fourth-order valence-corrected chi connectivity index (χ4v) is 10.4. The van der Waals surface area contributed by atoms with Gasteiger partial charge in [-0.25, -0.2) is 58.7 Å². The molecule has 100 heavy (non-hydrogen) atoms. The second-order valence-corrected chi connectivity index (χ2v) is 32.3. The number of alkyl halides is 9. The summed E-state index contributed by atoms with van der Waals surface area (Å²) < 4.78 is 146. The topological polar surface area (TPSA) is 361 Å². The number of carbonyl (C=O) groups excluding carboxylic acids is 1. The summed E-state index contributed by atoms with van der Waals surface area (Å²) >= 11 is 37.1. The van der Waals surface area contributed by atoms with Gasteiger partial charge in [-0.1, -0.05) is 46.9 Å². The van der Waals surface area contributed by atoms with Crippen molar-refractivity contribution >= 4 is 203 Å². The van der Waals surface area contributed by atoms with Gasteiger partial charge in [0, 0.05) is 82.9 Å². The number of benzene rings is 1. The summed E-state index contributed by atoms with van der Waals surface area (Å²) in [6, 6.07) is 10.7. The summed E-state index contributed by atoms with van der Waals surface area (Å²) in [5.74, 6) is -1.20. The summed E-state index contributed by atoms with van der Waals surface area (Å²) in [5.41, 5.74) is 4.83. The molecule has 0 spiro atoms. The molecule has 0 aliphatic heterocycles. The molecule has 0 saturated carbocycles. The van der Waals surface area contributed by atoms with E-state index in [0.29, 0.717) is 33.7 Å². The molecule has 0 atom stereocenters. The number of carbonyl (C=O) groups is 2. The zero-order chi connectivity index (χ0) is 74.0. The molecule has 24 nitrogen and oxygen atoms in total. The second-order valence-electron chi connectivity index (χ2n) is 16.8. The number of aromatic nitrogens is 12. The maximum absolute atomic E-state index is 12.7. The zero-order valence-corrected chi connectivity index (χ0v) is 65.7. The van der Waals surface area contributed by atoms with Crippen LogP contribution in [-0.2, 0) is 43.7 Å². The van der Waals surface area contributed by atoms with Gasteiger partial charge < -0.3 is 36.6 Å². The van der Waals surface area contributed by atoms with E-state index in [0.717, 1.165) is 78.9 Å². The summed E-state index contributed by atoms with van der Waals surface area (Å²) in [6.07, 6.45) is -13.6. The van der Waals surface area contributed by atoms with Crippen molar-refractivity contribution in [1.82, 2.24) is 59.8 Å². The average molecular weight is 1750 g/mol. The summed E-state index contributed by atoms with van der Waals surface area (Å²) in [4.78, 5) is 75.2. The monoisotopic (exact) mass is 1750 g/mol.